The number of amides is 1. The first-order valence-corrected chi connectivity index (χ1v) is 8.25. The third-order valence-corrected chi connectivity index (χ3v) is 4.53. The molecule has 1 amide bonds. The molecular formula is C19H18ClNO2. The molecule has 23 heavy (non-hydrogen) atoms. The summed E-state index contributed by atoms with van der Waals surface area (Å²) in [4.78, 5) is 24.2. The van der Waals surface area contributed by atoms with Gasteiger partial charge in [-0.25, -0.2) is 0 Å². The average Bonchev–Trinajstić information content (AvgIpc) is 2.60. The Labute approximate surface area is 140 Å². The summed E-state index contributed by atoms with van der Waals surface area (Å²) in [5, 5.41) is 2.75. The highest BCUT2D eigenvalue weighted by Gasteiger charge is 2.34. The van der Waals surface area contributed by atoms with E-state index in [9.17, 15) is 9.59 Å². The Bertz CT molecular complexity index is 714. The fourth-order valence-electron chi connectivity index (χ4n) is 3.23. The molecule has 0 aromatic heterocycles. The summed E-state index contributed by atoms with van der Waals surface area (Å²) < 4.78 is 0. The third-order valence-electron chi connectivity index (χ3n) is 4.28. The van der Waals surface area contributed by atoms with Gasteiger partial charge in [0, 0.05) is 5.56 Å². The smallest absolute Gasteiger partial charge is 0.235 e. The quantitative estimate of drug-likeness (QED) is 0.876. The molecule has 0 fully saturated rings. The zero-order chi connectivity index (χ0) is 16.2. The van der Waals surface area contributed by atoms with Crippen LogP contribution < -0.4 is 5.32 Å². The first kappa shape index (κ1) is 15.8. The molecule has 0 bridgehead atoms. The van der Waals surface area contributed by atoms with E-state index in [-0.39, 0.29) is 23.5 Å². The third kappa shape index (κ3) is 3.45. The summed E-state index contributed by atoms with van der Waals surface area (Å²) in [7, 11) is 0. The first-order chi connectivity index (χ1) is 11.2. The van der Waals surface area contributed by atoms with Crippen molar-refractivity contribution >= 4 is 23.3 Å². The molecule has 1 aliphatic rings. The maximum atomic E-state index is 12.6. The average molecular weight is 328 g/mol. The van der Waals surface area contributed by atoms with Crippen molar-refractivity contribution in [2.75, 3.05) is 5.88 Å². The molecule has 0 saturated carbocycles. The van der Waals surface area contributed by atoms with Crippen molar-refractivity contribution in [3.05, 3.63) is 71.3 Å². The Morgan fingerprint density at radius 2 is 1.78 bits per heavy atom. The Kier molecular flexibility index (Phi) is 4.77. The fourth-order valence-corrected chi connectivity index (χ4v) is 3.31. The summed E-state index contributed by atoms with van der Waals surface area (Å²) in [6, 6.07) is 17.4. The second-order valence-corrected chi connectivity index (χ2v) is 6.09. The minimum absolute atomic E-state index is 0.0246. The van der Waals surface area contributed by atoms with Gasteiger partial charge in [-0.2, -0.15) is 0 Å². The number of benzene rings is 2. The molecule has 3 nitrogen and oxygen atoms in total. The molecule has 4 heteroatoms. The van der Waals surface area contributed by atoms with E-state index in [0.29, 0.717) is 12.0 Å². The van der Waals surface area contributed by atoms with Crippen LogP contribution in [-0.4, -0.2) is 23.6 Å². The molecule has 0 radical (unpaired) electrons. The lowest BCUT2D eigenvalue weighted by Gasteiger charge is -2.31. The second-order valence-electron chi connectivity index (χ2n) is 5.83. The van der Waals surface area contributed by atoms with Gasteiger partial charge < -0.3 is 5.32 Å². The molecule has 1 N–H and O–H groups in total. The van der Waals surface area contributed by atoms with Crippen LogP contribution in [0.25, 0.3) is 0 Å². The molecule has 0 spiro atoms. The normalized spacial score (nSPS) is 20.0. The molecule has 2 unspecified atom stereocenters. The zero-order valence-electron chi connectivity index (χ0n) is 12.7. The number of alkyl halides is 1. The van der Waals surface area contributed by atoms with E-state index in [1.165, 1.54) is 5.56 Å². The highest BCUT2D eigenvalue weighted by atomic mass is 35.5. The van der Waals surface area contributed by atoms with E-state index < -0.39 is 6.04 Å². The van der Waals surface area contributed by atoms with E-state index in [1.807, 2.05) is 42.5 Å². The minimum Gasteiger partial charge on any atom is -0.345 e. The molecular weight excluding hydrogens is 310 g/mol. The number of ketones is 1. The van der Waals surface area contributed by atoms with Gasteiger partial charge in [0.25, 0.3) is 0 Å². The van der Waals surface area contributed by atoms with Crippen LogP contribution in [0.2, 0.25) is 0 Å². The number of rotatable bonds is 4. The predicted octanol–water partition coefficient (Wildman–Crippen LogP) is 3.32. The molecule has 2 aromatic carbocycles. The predicted molar refractivity (Wildman–Crippen MR) is 90.9 cm³/mol. The molecule has 2 atom stereocenters. The molecule has 118 valence electrons. The monoisotopic (exact) mass is 327 g/mol. The van der Waals surface area contributed by atoms with Crippen LogP contribution in [0, 0.1) is 0 Å². The van der Waals surface area contributed by atoms with Crippen LogP contribution in [0.15, 0.2) is 54.6 Å². The molecule has 2 aromatic rings. The molecule has 0 saturated heterocycles. The van der Waals surface area contributed by atoms with E-state index in [1.54, 1.807) is 0 Å². The number of hydrogen-bond acceptors (Lipinski definition) is 2. The van der Waals surface area contributed by atoms with Crippen LogP contribution >= 0.6 is 11.6 Å². The van der Waals surface area contributed by atoms with Gasteiger partial charge in [0.1, 0.15) is 5.88 Å². The van der Waals surface area contributed by atoms with E-state index in [0.717, 1.165) is 12.0 Å². The number of Topliss-reactive ketones (excluding diaryl/α,β-unsaturated/α-hetero) is 1. The number of halogens is 1. The van der Waals surface area contributed by atoms with Crippen LogP contribution in [-0.2, 0) is 11.2 Å². The summed E-state index contributed by atoms with van der Waals surface area (Å²) in [6.45, 7) is 0. The number of carbonyl (C=O) groups excluding carboxylic acids is 2. The lowest BCUT2D eigenvalue weighted by molar-refractivity contribution is -0.119. The Hall–Kier alpha value is -2.13. The first-order valence-electron chi connectivity index (χ1n) is 7.71. The molecule has 0 aliphatic heterocycles. The van der Waals surface area contributed by atoms with E-state index in [4.69, 9.17) is 11.6 Å². The summed E-state index contributed by atoms with van der Waals surface area (Å²) >= 11 is 5.56. The maximum Gasteiger partial charge on any atom is 0.235 e. The molecule has 3 rings (SSSR count). The van der Waals surface area contributed by atoms with E-state index in [2.05, 4.69) is 17.4 Å². The number of nitrogens with one attached hydrogen (secondary N) is 1. The fraction of sp³-hybridized carbons (Fsp3) is 0.263. The highest BCUT2D eigenvalue weighted by Crippen LogP contribution is 2.34. The largest absolute Gasteiger partial charge is 0.345 e. The van der Waals surface area contributed by atoms with Crippen molar-refractivity contribution in [1.82, 2.24) is 5.32 Å². The summed E-state index contributed by atoms with van der Waals surface area (Å²) in [5.41, 5.74) is 3.00. The van der Waals surface area contributed by atoms with Gasteiger partial charge in [-0.05, 0) is 29.9 Å². The van der Waals surface area contributed by atoms with Gasteiger partial charge in [-0.3, -0.25) is 9.59 Å². The Morgan fingerprint density at radius 3 is 2.52 bits per heavy atom. The van der Waals surface area contributed by atoms with Gasteiger partial charge in [0.05, 0.1) is 6.04 Å². The number of fused-ring (bicyclic) bond motifs is 1. The van der Waals surface area contributed by atoms with Crippen LogP contribution in [0.1, 0.15) is 33.8 Å². The number of carbonyl (C=O) groups is 2. The van der Waals surface area contributed by atoms with E-state index >= 15 is 0 Å². The van der Waals surface area contributed by atoms with Crippen molar-refractivity contribution in [2.24, 2.45) is 0 Å². The van der Waals surface area contributed by atoms with Gasteiger partial charge in [-0.1, -0.05) is 54.6 Å². The zero-order valence-corrected chi connectivity index (χ0v) is 13.4. The topological polar surface area (TPSA) is 46.2 Å². The Morgan fingerprint density at radius 1 is 1.09 bits per heavy atom. The molecule has 1 aliphatic carbocycles. The maximum absolute atomic E-state index is 12.6. The van der Waals surface area contributed by atoms with Gasteiger partial charge in [-0.15, -0.1) is 11.6 Å². The lowest BCUT2D eigenvalue weighted by atomic mass is 9.76. The van der Waals surface area contributed by atoms with Gasteiger partial charge in [0.2, 0.25) is 5.91 Å². The minimum atomic E-state index is -0.495. The second kappa shape index (κ2) is 6.97. The summed E-state index contributed by atoms with van der Waals surface area (Å²) in [6.07, 6.45) is 1.45. The van der Waals surface area contributed by atoms with Crippen LogP contribution in [0.3, 0.4) is 0 Å². The van der Waals surface area contributed by atoms with Gasteiger partial charge in [0.15, 0.2) is 5.78 Å². The summed E-state index contributed by atoms with van der Waals surface area (Å²) in [5.74, 6) is -0.257. The van der Waals surface area contributed by atoms with Crippen LogP contribution in [0.5, 0.6) is 0 Å². The number of hydrogen-bond donors (Lipinski definition) is 1. The standard InChI is InChI=1S/C19H18ClNO2/c20-12-18(22)21-17-11-14(10-13-6-2-1-3-7-13)15-8-4-5-9-16(15)19(17)23/h1-9,14,17H,10-12H2,(H,21,22). The van der Waals surface area contributed by atoms with Gasteiger partial charge >= 0.3 is 0 Å². The Balaban J connectivity index is 1.90. The van der Waals surface area contributed by atoms with Crippen LogP contribution in [0.4, 0.5) is 0 Å². The van der Waals surface area contributed by atoms with Crippen molar-refractivity contribution in [1.29, 1.82) is 0 Å². The van der Waals surface area contributed by atoms with Crippen molar-refractivity contribution in [3.8, 4) is 0 Å². The molecule has 0 heterocycles. The van der Waals surface area contributed by atoms with Crippen molar-refractivity contribution < 1.29 is 9.59 Å². The van der Waals surface area contributed by atoms with Crippen molar-refractivity contribution in [3.63, 3.8) is 0 Å². The lowest BCUT2D eigenvalue weighted by Crippen LogP contribution is -2.45. The van der Waals surface area contributed by atoms with Crippen molar-refractivity contribution in [2.45, 2.75) is 24.8 Å². The SMILES string of the molecule is O=C(CCl)NC1CC(Cc2ccccc2)c2ccccc2C1=O. The highest BCUT2D eigenvalue weighted by molar-refractivity contribution is 6.27.